The molecule has 0 aliphatic rings. The minimum Gasteiger partial charge on any atom is -0.451 e. The van der Waals surface area contributed by atoms with Gasteiger partial charge in [0.1, 0.15) is 5.70 Å². The lowest BCUT2D eigenvalue weighted by Gasteiger charge is -2.20. The number of amides is 2. The van der Waals surface area contributed by atoms with Crippen LogP contribution >= 0.6 is 0 Å². The van der Waals surface area contributed by atoms with Crippen LogP contribution in [0.2, 0.25) is 0 Å². The van der Waals surface area contributed by atoms with Gasteiger partial charge in [0.05, 0.1) is 25.0 Å². The third kappa shape index (κ3) is 8.32. The van der Waals surface area contributed by atoms with Crippen molar-refractivity contribution in [1.82, 2.24) is 10.2 Å². The molecule has 0 heterocycles. The monoisotopic (exact) mass is 368 g/mol. The number of rotatable bonds is 9. The first-order chi connectivity index (χ1) is 13.0. The van der Waals surface area contributed by atoms with E-state index in [0.29, 0.717) is 5.56 Å². The van der Waals surface area contributed by atoms with Crippen molar-refractivity contribution in [2.45, 2.75) is 19.8 Å². The lowest BCUT2D eigenvalue weighted by molar-refractivity contribution is -0.149. The Morgan fingerprint density at radius 2 is 1.70 bits per heavy atom. The molecule has 8 heteroatoms. The maximum absolute atomic E-state index is 12.3. The van der Waals surface area contributed by atoms with Gasteiger partial charge in [-0.15, -0.1) is 0 Å². The Kier molecular flexibility index (Phi) is 9.37. The summed E-state index contributed by atoms with van der Waals surface area (Å²) in [5.41, 5.74) is 0.580. The zero-order valence-electron chi connectivity index (χ0n) is 15.0. The number of ether oxygens (including phenoxy) is 1. The van der Waals surface area contributed by atoms with Crippen LogP contribution in [0.4, 0.5) is 0 Å². The summed E-state index contributed by atoms with van der Waals surface area (Å²) in [4.78, 5) is 37.1. The van der Waals surface area contributed by atoms with Crippen LogP contribution in [0, 0.1) is 22.7 Å². The molecule has 1 N–H and O–H groups in total. The molecule has 0 bridgehead atoms. The molecule has 0 radical (unpaired) electrons. The van der Waals surface area contributed by atoms with Crippen LogP contribution < -0.4 is 5.32 Å². The van der Waals surface area contributed by atoms with E-state index in [9.17, 15) is 14.4 Å². The van der Waals surface area contributed by atoms with Gasteiger partial charge in [-0.3, -0.25) is 9.59 Å². The van der Waals surface area contributed by atoms with Gasteiger partial charge in [0, 0.05) is 20.0 Å². The Morgan fingerprint density at radius 1 is 1.11 bits per heavy atom. The Morgan fingerprint density at radius 3 is 2.22 bits per heavy atom. The lowest BCUT2D eigenvalue weighted by Crippen LogP contribution is -2.37. The smallest absolute Gasteiger partial charge is 0.355 e. The number of hydrogen-bond acceptors (Lipinski definition) is 6. The van der Waals surface area contributed by atoms with E-state index in [1.54, 1.807) is 24.3 Å². The summed E-state index contributed by atoms with van der Waals surface area (Å²) >= 11 is 0. The maximum Gasteiger partial charge on any atom is 0.355 e. The Hall–Kier alpha value is -3.65. The quantitative estimate of drug-likeness (QED) is 0.518. The normalized spacial score (nSPS) is 10.3. The molecule has 0 saturated carbocycles. The van der Waals surface area contributed by atoms with Crippen molar-refractivity contribution in [3.63, 3.8) is 0 Å². The second-order valence-electron chi connectivity index (χ2n) is 5.42. The fourth-order valence-corrected chi connectivity index (χ4v) is 2.08. The first kappa shape index (κ1) is 21.4. The Labute approximate surface area is 157 Å². The Balaban J connectivity index is 2.78. The van der Waals surface area contributed by atoms with Crippen molar-refractivity contribution < 1.29 is 19.1 Å². The van der Waals surface area contributed by atoms with Gasteiger partial charge in [0.25, 0.3) is 5.91 Å². The van der Waals surface area contributed by atoms with Crippen LogP contribution in [0.5, 0.6) is 0 Å². The van der Waals surface area contributed by atoms with E-state index >= 15 is 0 Å². The van der Waals surface area contributed by atoms with E-state index in [1.807, 2.05) is 18.2 Å². The Bertz CT molecular complexity index is 757. The number of benzene rings is 1. The predicted octanol–water partition coefficient (Wildman–Crippen LogP) is 1.36. The first-order valence-corrected chi connectivity index (χ1v) is 8.21. The molecular formula is C19H20N4O4. The van der Waals surface area contributed by atoms with Crippen LogP contribution in [0.1, 0.15) is 25.3 Å². The highest BCUT2D eigenvalue weighted by molar-refractivity contribution is 5.98. The molecule has 0 unspecified atom stereocenters. The second-order valence-corrected chi connectivity index (χ2v) is 5.42. The van der Waals surface area contributed by atoms with Gasteiger partial charge >= 0.3 is 5.97 Å². The number of carbonyl (C=O) groups excluding carboxylic acids is 3. The molecule has 0 fully saturated rings. The van der Waals surface area contributed by atoms with Gasteiger partial charge in [0.2, 0.25) is 5.91 Å². The molecule has 1 aromatic rings. The number of nitrogens with zero attached hydrogens (tertiary/aromatic N) is 3. The van der Waals surface area contributed by atoms with Crippen LogP contribution in [0.3, 0.4) is 0 Å². The molecule has 27 heavy (non-hydrogen) atoms. The number of carbonyl (C=O) groups is 3. The predicted molar refractivity (Wildman–Crippen MR) is 96.2 cm³/mol. The van der Waals surface area contributed by atoms with E-state index in [2.05, 4.69) is 5.32 Å². The van der Waals surface area contributed by atoms with E-state index in [4.69, 9.17) is 15.3 Å². The summed E-state index contributed by atoms with van der Waals surface area (Å²) in [6, 6.07) is 12.7. The van der Waals surface area contributed by atoms with Crippen molar-refractivity contribution in [1.29, 1.82) is 10.5 Å². The van der Waals surface area contributed by atoms with E-state index in [1.165, 1.54) is 17.9 Å². The summed E-state index contributed by atoms with van der Waals surface area (Å²) in [6.45, 7) is 0.990. The van der Waals surface area contributed by atoms with Crippen LogP contribution in [0.15, 0.2) is 36.0 Å². The molecule has 0 aliphatic carbocycles. The number of esters is 1. The minimum atomic E-state index is -0.858. The van der Waals surface area contributed by atoms with Crippen LogP contribution in [-0.4, -0.2) is 42.4 Å². The van der Waals surface area contributed by atoms with Gasteiger partial charge in [-0.05, 0) is 11.6 Å². The standard InChI is InChI=1S/C19H20N4O4/c1-15(24)22-17(13-16-7-3-2-4-8-16)19(26)27-14-18(25)23(11-5-9-20)12-6-10-21/h2-4,7-8,13H,5-6,11-12,14H2,1H3,(H,22,24)/b17-13-. The fourth-order valence-electron chi connectivity index (χ4n) is 2.08. The molecule has 2 amide bonds. The summed E-state index contributed by atoms with van der Waals surface area (Å²) < 4.78 is 5.00. The molecule has 1 rings (SSSR count). The van der Waals surface area contributed by atoms with Gasteiger partial charge in [-0.2, -0.15) is 10.5 Å². The van der Waals surface area contributed by atoms with Crippen molar-refractivity contribution in [2.75, 3.05) is 19.7 Å². The molecule has 8 nitrogen and oxygen atoms in total. The molecular weight excluding hydrogens is 348 g/mol. The van der Waals surface area contributed by atoms with Crippen LogP contribution in [-0.2, 0) is 19.1 Å². The molecule has 140 valence electrons. The summed E-state index contributed by atoms with van der Waals surface area (Å²) in [5.74, 6) is -1.83. The average molecular weight is 368 g/mol. The van der Waals surface area contributed by atoms with Crippen molar-refractivity contribution in [2.24, 2.45) is 0 Å². The van der Waals surface area contributed by atoms with Gasteiger partial charge in [-0.25, -0.2) is 4.79 Å². The average Bonchev–Trinajstić information content (AvgIpc) is 2.66. The topological polar surface area (TPSA) is 123 Å². The lowest BCUT2D eigenvalue weighted by atomic mass is 10.2. The fraction of sp³-hybridized carbons (Fsp3) is 0.316. The minimum absolute atomic E-state index is 0.0953. The largest absolute Gasteiger partial charge is 0.451 e. The van der Waals surface area contributed by atoms with E-state index < -0.39 is 24.4 Å². The zero-order chi connectivity index (χ0) is 20.1. The molecule has 0 spiro atoms. The maximum atomic E-state index is 12.3. The highest BCUT2D eigenvalue weighted by Gasteiger charge is 2.18. The van der Waals surface area contributed by atoms with E-state index in [-0.39, 0.29) is 31.6 Å². The second kappa shape index (κ2) is 11.8. The third-order valence-corrected chi connectivity index (χ3v) is 3.31. The highest BCUT2D eigenvalue weighted by Crippen LogP contribution is 2.07. The summed E-state index contributed by atoms with van der Waals surface area (Å²) in [6.07, 6.45) is 1.66. The molecule has 0 atom stereocenters. The van der Waals surface area contributed by atoms with Crippen molar-refractivity contribution >= 4 is 23.9 Å². The third-order valence-electron chi connectivity index (χ3n) is 3.31. The molecule has 0 aliphatic heterocycles. The SMILES string of the molecule is CC(=O)N/C(=C\c1ccccc1)C(=O)OCC(=O)N(CCC#N)CCC#N. The number of nitriles is 2. The van der Waals surface area contributed by atoms with Crippen LogP contribution in [0.25, 0.3) is 6.08 Å². The van der Waals surface area contributed by atoms with Crippen molar-refractivity contribution in [3.8, 4) is 12.1 Å². The zero-order valence-corrected chi connectivity index (χ0v) is 15.0. The summed E-state index contributed by atoms with van der Waals surface area (Å²) in [7, 11) is 0. The molecule has 0 saturated heterocycles. The molecule has 1 aromatic carbocycles. The molecule has 0 aromatic heterocycles. The summed E-state index contributed by atoms with van der Waals surface area (Å²) in [5, 5.41) is 19.7. The van der Waals surface area contributed by atoms with Gasteiger partial charge in [0.15, 0.2) is 6.61 Å². The van der Waals surface area contributed by atoms with Gasteiger partial charge < -0.3 is 15.0 Å². The number of hydrogen-bond donors (Lipinski definition) is 1. The van der Waals surface area contributed by atoms with E-state index in [0.717, 1.165) is 0 Å². The highest BCUT2D eigenvalue weighted by atomic mass is 16.5. The first-order valence-electron chi connectivity index (χ1n) is 8.21. The van der Waals surface area contributed by atoms with Gasteiger partial charge in [-0.1, -0.05) is 30.3 Å². The van der Waals surface area contributed by atoms with Crippen molar-refractivity contribution in [3.05, 3.63) is 41.6 Å². The number of nitrogens with one attached hydrogen (secondary N) is 1.